The number of thioether (sulfide) groups is 1. The van der Waals surface area contributed by atoms with E-state index in [0.717, 1.165) is 43.3 Å². The van der Waals surface area contributed by atoms with Gasteiger partial charge in [-0.25, -0.2) is 0 Å². The van der Waals surface area contributed by atoms with Crippen LogP contribution in [0.4, 0.5) is 0 Å². The molecule has 0 bridgehead atoms. The summed E-state index contributed by atoms with van der Waals surface area (Å²) >= 11 is 1.57. The highest BCUT2D eigenvalue weighted by atomic mass is 32.2. The van der Waals surface area contributed by atoms with Gasteiger partial charge in [0.1, 0.15) is 0 Å². The van der Waals surface area contributed by atoms with Gasteiger partial charge in [0.25, 0.3) is 0 Å². The van der Waals surface area contributed by atoms with E-state index in [1.54, 1.807) is 11.8 Å². The van der Waals surface area contributed by atoms with Crippen molar-refractivity contribution in [1.29, 1.82) is 0 Å². The van der Waals surface area contributed by atoms with E-state index in [0.29, 0.717) is 17.5 Å². The molecule has 3 unspecified atom stereocenters. The van der Waals surface area contributed by atoms with Gasteiger partial charge in [0.2, 0.25) is 0 Å². The first-order valence-electron chi connectivity index (χ1n) is 14.7. The summed E-state index contributed by atoms with van der Waals surface area (Å²) in [6.07, 6.45) is 24.3. The van der Waals surface area contributed by atoms with Crippen LogP contribution in [0.5, 0.6) is 0 Å². The highest BCUT2D eigenvalue weighted by Crippen LogP contribution is 2.33. The lowest BCUT2D eigenvalue weighted by Gasteiger charge is -2.29. The quantitative estimate of drug-likeness (QED) is 0.165. The van der Waals surface area contributed by atoms with Crippen LogP contribution in [0.3, 0.4) is 0 Å². The second kappa shape index (κ2) is 19.2. The molecule has 1 aliphatic rings. The average Bonchev–Trinajstić information content (AvgIpc) is 3.19. The summed E-state index contributed by atoms with van der Waals surface area (Å²) in [5, 5.41) is 11.5. The lowest BCUT2D eigenvalue weighted by molar-refractivity contribution is -0.111. The molecule has 1 fully saturated rings. The van der Waals surface area contributed by atoms with E-state index < -0.39 is 5.60 Å². The molecule has 33 heavy (non-hydrogen) atoms. The summed E-state index contributed by atoms with van der Waals surface area (Å²) in [4.78, 5) is 12.3. The van der Waals surface area contributed by atoms with Crippen LogP contribution in [0.15, 0.2) is 0 Å². The predicted molar refractivity (Wildman–Crippen MR) is 148 cm³/mol. The third-order valence-corrected chi connectivity index (χ3v) is 8.95. The van der Waals surface area contributed by atoms with Crippen LogP contribution in [-0.2, 0) is 4.79 Å². The van der Waals surface area contributed by atoms with Crippen LogP contribution in [0.2, 0.25) is 0 Å². The first kappa shape index (κ1) is 31.0. The molecule has 0 aromatic carbocycles. The van der Waals surface area contributed by atoms with Gasteiger partial charge in [0.05, 0.1) is 5.60 Å². The molecule has 196 valence electrons. The normalized spacial score (nSPS) is 20.4. The van der Waals surface area contributed by atoms with Crippen molar-refractivity contribution in [3.05, 3.63) is 0 Å². The molecule has 0 radical (unpaired) electrons. The molecule has 0 aromatic heterocycles. The minimum atomic E-state index is -0.576. The van der Waals surface area contributed by atoms with Gasteiger partial charge < -0.3 is 5.11 Å². The van der Waals surface area contributed by atoms with E-state index in [9.17, 15) is 9.90 Å². The summed E-state index contributed by atoms with van der Waals surface area (Å²) in [5.41, 5.74) is -0.576. The molecule has 0 aromatic rings. The van der Waals surface area contributed by atoms with Gasteiger partial charge in [-0.3, -0.25) is 4.79 Å². The monoisotopic (exact) mass is 482 g/mol. The summed E-state index contributed by atoms with van der Waals surface area (Å²) < 4.78 is 0. The minimum Gasteiger partial charge on any atom is -0.390 e. The fourth-order valence-electron chi connectivity index (χ4n) is 5.68. The zero-order valence-electron chi connectivity index (χ0n) is 22.8. The molecule has 1 N–H and O–H groups in total. The molecule has 2 nitrogen and oxygen atoms in total. The lowest BCUT2D eigenvalue weighted by atomic mass is 9.82. The van der Waals surface area contributed by atoms with Gasteiger partial charge in [0, 0.05) is 12.2 Å². The maximum Gasteiger partial charge on any atom is 0.188 e. The van der Waals surface area contributed by atoms with E-state index in [1.165, 1.54) is 96.3 Å². The summed E-state index contributed by atoms with van der Waals surface area (Å²) in [6.45, 7) is 8.94. The summed E-state index contributed by atoms with van der Waals surface area (Å²) in [5.74, 6) is 3.30. The van der Waals surface area contributed by atoms with Crippen molar-refractivity contribution in [3.63, 3.8) is 0 Å². The molecular weight excluding hydrogens is 424 g/mol. The molecule has 0 amide bonds. The van der Waals surface area contributed by atoms with Crippen molar-refractivity contribution in [2.24, 2.45) is 17.8 Å². The Balaban J connectivity index is 2.26. The van der Waals surface area contributed by atoms with Crippen LogP contribution in [0.25, 0.3) is 0 Å². The van der Waals surface area contributed by atoms with E-state index in [1.807, 2.05) is 6.92 Å². The summed E-state index contributed by atoms with van der Waals surface area (Å²) in [7, 11) is 0. The van der Waals surface area contributed by atoms with Crippen molar-refractivity contribution >= 4 is 16.9 Å². The number of carbonyl (C=O) groups excluding carboxylic acids is 1. The number of hydrogen-bond acceptors (Lipinski definition) is 3. The molecule has 0 aliphatic heterocycles. The number of unbranched alkanes of at least 4 members (excludes halogenated alkanes) is 9. The van der Waals surface area contributed by atoms with Crippen molar-refractivity contribution in [3.8, 4) is 0 Å². The van der Waals surface area contributed by atoms with Gasteiger partial charge in [-0.2, -0.15) is 0 Å². The van der Waals surface area contributed by atoms with Gasteiger partial charge in [-0.05, 0) is 56.8 Å². The smallest absolute Gasteiger partial charge is 0.188 e. The third-order valence-electron chi connectivity index (χ3n) is 7.79. The Kier molecular flexibility index (Phi) is 18.0. The maximum atomic E-state index is 12.3. The molecule has 0 spiro atoms. The fraction of sp³-hybridized carbons (Fsp3) is 0.967. The van der Waals surface area contributed by atoms with Crippen molar-refractivity contribution < 1.29 is 9.90 Å². The number of carbonyl (C=O) groups is 1. The second-order valence-electron chi connectivity index (χ2n) is 11.6. The first-order chi connectivity index (χ1) is 15.9. The Morgan fingerprint density at radius 3 is 2.06 bits per heavy atom. The number of aliphatic hydroxyl groups is 1. The van der Waals surface area contributed by atoms with Crippen LogP contribution < -0.4 is 0 Å². The largest absolute Gasteiger partial charge is 0.390 e. The summed E-state index contributed by atoms with van der Waals surface area (Å²) in [6, 6.07) is 0. The van der Waals surface area contributed by atoms with Gasteiger partial charge >= 0.3 is 0 Å². The Morgan fingerprint density at radius 2 is 1.52 bits per heavy atom. The molecule has 1 aliphatic carbocycles. The Morgan fingerprint density at radius 1 is 0.909 bits per heavy atom. The zero-order valence-corrected chi connectivity index (χ0v) is 23.7. The van der Waals surface area contributed by atoms with E-state index in [-0.39, 0.29) is 0 Å². The average molecular weight is 483 g/mol. The predicted octanol–water partition coefficient (Wildman–Crippen LogP) is 9.72. The van der Waals surface area contributed by atoms with Crippen molar-refractivity contribution in [1.82, 2.24) is 0 Å². The topological polar surface area (TPSA) is 37.3 Å². The maximum absolute atomic E-state index is 12.3. The lowest BCUT2D eigenvalue weighted by Crippen LogP contribution is -2.28. The molecule has 1 rings (SSSR count). The third kappa shape index (κ3) is 17.1. The Labute approximate surface area is 211 Å². The van der Waals surface area contributed by atoms with Gasteiger partial charge in [-0.15, -0.1) is 0 Å². The van der Waals surface area contributed by atoms with Crippen LogP contribution in [-0.4, -0.2) is 21.6 Å². The van der Waals surface area contributed by atoms with E-state index in [4.69, 9.17) is 0 Å². The molecular formula is C30H58O2S. The SMILES string of the molecule is CCCCCCCC(CCCCCCC)CC(C)(O)CCCCC(=O)SCC1CCC(C)C1. The van der Waals surface area contributed by atoms with E-state index >= 15 is 0 Å². The highest BCUT2D eigenvalue weighted by Gasteiger charge is 2.25. The Hall–Kier alpha value is -0.0200. The van der Waals surface area contributed by atoms with Crippen LogP contribution in [0, 0.1) is 17.8 Å². The fourth-order valence-corrected chi connectivity index (χ4v) is 6.69. The zero-order chi connectivity index (χ0) is 24.4. The van der Waals surface area contributed by atoms with Crippen LogP contribution in [0.1, 0.15) is 156 Å². The molecule has 3 atom stereocenters. The minimum absolute atomic E-state index is 0.367. The number of rotatable bonds is 21. The van der Waals surface area contributed by atoms with Crippen LogP contribution >= 0.6 is 11.8 Å². The van der Waals surface area contributed by atoms with Crippen molar-refractivity contribution in [2.75, 3.05) is 5.75 Å². The number of hydrogen-bond donors (Lipinski definition) is 1. The highest BCUT2D eigenvalue weighted by molar-refractivity contribution is 8.13. The molecule has 3 heteroatoms. The standard InChI is InChI=1S/C30H58O2S/c1-5-7-9-11-13-17-27(18-14-12-10-8-6-2)24-30(4,32)22-16-15-19-29(31)33-25-28-21-20-26(3)23-28/h26-28,32H,5-25H2,1-4H3. The molecule has 0 heterocycles. The van der Waals surface area contributed by atoms with Gasteiger partial charge in [0.15, 0.2) is 5.12 Å². The van der Waals surface area contributed by atoms with Crippen molar-refractivity contribution in [2.45, 2.75) is 162 Å². The molecule has 1 saturated carbocycles. The molecule has 0 saturated heterocycles. The van der Waals surface area contributed by atoms with E-state index in [2.05, 4.69) is 20.8 Å². The first-order valence-corrected chi connectivity index (χ1v) is 15.7. The van der Waals surface area contributed by atoms with Gasteiger partial charge in [-0.1, -0.05) is 122 Å². The second-order valence-corrected chi connectivity index (χ2v) is 12.7. The Bertz CT molecular complexity index is 462.